The summed E-state index contributed by atoms with van der Waals surface area (Å²) in [7, 11) is 4.09. The van der Waals surface area contributed by atoms with E-state index in [0.717, 1.165) is 27.6 Å². The van der Waals surface area contributed by atoms with Gasteiger partial charge in [-0.25, -0.2) is 4.98 Å². The molecular weight excluding hydrogens is 284 g/mol. The summed E-state index contributed by atoms with van der Waals surface area (Å²) in [5.41, 5.74) is 3.27. The van der Waals surface area contributed by atoms with Crippen LogP contribution in [0.5, 0.6) is 11.5 Å². The third-order valence-electron chi connectivity index (χ3n) is 3.51. The van der Waals surface area contributed by atoms with Gasteiger partial charge in [-0.15, -0.1) is 11.3 Å². The molecule has 106 valence electrons. The SMILES string of the molecule is CN(C)c1ccc2nc(-c3ccc4c(c3)OCO4)sc2c1. The molecule has 0 bridgehead atoms. The minimum absolute atomic E-state index is 0.296. The van der Waals surface area contributed by atoms with Gasteiger partial charge in [-0.3, -0.25) is 0 Å². The van der Waals surface area contributed by atoms with Gasteiger partial charge in [0.2, 0.25) is 6.79 Å². The van der Waals surface area contributed by atoms with Gasteiger partial charge in [-0.1, -0.05) is 0 Å². The van der Waals surface area contributed by atoms with Crippen LogP contribution in [0.3, 0.4) is 0 Å². The van der Waals surface area contributed by atoms with Crippen LogP contribution in [0.2, 0.25) is 0 Å². The largest absolute Gasteiger partial charge is 0.454 e. The minimum Gasteiger partial charge on any atom is -0.454 e. The molecule has 4 nitrogen and oxygen atoms in total. The zero-order valence-corrected chi connectivity index (χ0v) is 12.6. The number of hydrogen-bond acceptors (Lipinski definition) is 5. The van der Waals surface area contributed by atoms with Crippen molar-refractivity contribution in [1.29, 1.82) is 0 Å². The molecule has 21 heavy (non-hydrogen) atoms. The molecule has 0 radical (unpaired) electrons. The van der Waals surface area contributed by atoms with Gasteiger partial charge in [-0.05, 0) is 36.4 Å². The molecule has 0 atom stereocenters. The van der Waals surface area contributed by atoms with E-state index in [1.54, 1.807) is 11.3 Å². The van der Waals surface area contributed by atoms with Crippen molar-refractivity contribution in [3.05, 3.63) is 36.4 Å². The third kappa shape index (κ3) is 2.10. The van der Waals surface area contributed by atoms with Crippen molar-refractivity contribution in [2.75, 3.05) is 25.8 Å². The van der Waals surface area contributed by atoms with Gasteiger partial charge >= 0.3 is 0 Å². The number of nitrogens with zero attached hydrogens (tertiary/aromatic N) is 2. The van der Waals surface area contributed by atoms with E-state index in [0.29, 0.717) is 6.79 Å². The Balaban J connectivity index is 1.80. The minimum atomic E-state index is 0.296. The number of fused-ring (bicyclic) bond motifs is 2. The fraction of sp³-hybridized carbons (Fsp3) is 0.188. The van der Waals surface area contributed by atoms with Crippen LogP contribution in [0.4, 0.5) is 5.69 Å². The molecular formula is C16H14N2O2S. The molecule has 0 fully saturated rings. The number of aromatic nitrogens is 1. The molecule has 4 rings (SSSR count). The van der Waals surface area contributed by atoms with E-state index in [4.69, 9.17) is 14.5 Å². The van der Waals surface area contributed by atoms with Crippen LogP contribution in [-0.4, -0.2) is 25.9 Å². The molecule has 0 aliphatic carbocycles. The molecule has 0 unspecified atom stereocenters. The van der Waals surface area contributed by atoms with Gasteiger partial charge in [0.25, 0.3) is 0 Å². The average Bonchev–Trinajstić information content (AvgIpc) is 3.11. The van der Waals surface area contributed by atoms with E-state index in [1.807, 2.05) is 32.3 Å². The second-order valence-corrected chi connectivity index (χ2v) is 6.16. The van der Waals surface area contributed by atoms with Crippen LogP contribution in [0.15, 0.2) is 36.4 Å². The predicted molar refractivity (Wildman–Crippen MR) is 85.5 cm³/mol. The number of hydrogen-bond donors (Lipinski definition) is 0. The van der Waals surface area contributed by atoms with E-state index >= 15 is 0 Å². The Morgan fingerprint density at radius 2 is 1.90 bits per heavy atom. The molecule has 1 aromatic heterocycles. The van der Waals surface area contributed by atoms with Crippen LogP contribution in [0.1, 0.15) is 0 Å². The van der Waals surface area contributed by atoms with Crippen molar-refractivity contribution in [1.82, 2.24) is 4.98 Å². The summed E-state index contributed by atoms with van der Waals surface area (Å²) in [6, 6.07) is 12.3. The lowest BCUT2D eigenvalue weighted by Gasteiger charge is -2.11. The molecule has 0 spiro atoms. The van der Waals surface area contributed by atoms with Crippen LogP contribution in [-0.2, 0) is 0 Å². The van der Waals surface area contributed by atoms with E-state index < -0.39 is 0 Å². The third-order valence-corrected chi connectivity index (χ3v) is 4.58. The number of rotatable bonds is 2. The summed E-state index contributed by atoms with van der Waals surface area (Å²) >= 11 is 1.69. The van der Waals surface area contributed by atoms with Gasteiger partial charge < -0.3 is 14.4 Å². The summed E-state index contributed by atoms with van der Waals surface area (Å²) < 4.78 is 12.0. The molecule has 3 aromatic rings. The van der Waals surface area contributed by atoms with Crippen molar-refractivity contribution in [2.45, 2.75) is 0 Å². The smallest absolute Gasteiger partial charge is 0.231 e. The number of ether oxygens (including phenoxy) is 2. The van der Waals surface area contributed by atoms with E-state index in [2.05, 4.69) is 23.1 Å². The monoisotopic (exact) mass is 298 g/mol. The topological polar surface area (TPSA) is 34.6 Å². The highest BCUT2D eigenvalue weighted by atomic mass is 32.1. The summed E-state index contributed by atoms with van der Waals surface area (Å²) in [6.07, 6.45) is 0. The molecule has 0 N–H and O–H groups in total. The fourth-order valence-electron chi connectivity index (χ4n) is 2.34. The normalized spacial score (nSPS) is 12.9. The van der Waals surface area contributed by atoms with Gasteiger partial charge in [-0.2, -0.15) is 0 Å². The van der Waals surface area contributed by atoms with Crippen LogP contribution >= 0.6 is 11.3 Å². The lowest BCUT2D eigenvalue weighted by atomic mass is 10.2. The lowest BCUT2D eigenvalue weighted by molar-refractivity contribution is 0.174. The molecule has 1 aliphatic heterocycles. The highest BCUT2D eigenvalue weighted by Crippen LogP contribution is 2.38. The van der Waals surface area contributed by atoms with Crippen LogP contribution in [0.25, 0.3) is 20.8 Å². The first-order valence-electron chi connectivity index (χ1n) is 6.69. The molecule has 0 saturated heterocycles. The van der Waals surface area contributed by atoms with Crippen molar-refractivity contribution >= 4 is 27.2 Å². The maximum Gasteiger partial charge on any atom is 0.231 e. The summed E-state index contributed by atoms with van der Waals surface area (Å²) in [4.78, 5) is 6.81. The maximum absolute atomic E-state index is 5.43. The Kier molecular flexibility index (Phi) is 2.75. The highest BCUT2D eigenvalue weighted by Gasteiger charge is 2.15. The Morgan fingerprint density at radius 3 is 2.76 bits per heavy atom. The van der Waals surface area contributed by atoms with Crippen LogP contribution < -0.4 is 14.4 Å². The maximum atomic E-state index is 5.43. The second kappa shape index (κ2) is 4.63. The molecule has 2 aromatic carbocycles. The molecule has 2 heterocycles. The predicted octanol–water partition coefficient (Wildman–Crippen LogP) is 3.76. The highest BCUT2D eigenvalue weighted by molar-refractivity contribution is 7.21. The number of benzene rings is 2. The Hall–Kier alpha value is -2.27. The average molecular weight is 298 g/mol. The van der Waals surface area contributed by atoms with Gasteiger partial charge in [0.15, 0.2) is 11.5 Å². The second-order valence-electron chi connectivity index (χ2n) is 5.13. The van der Waals surface area contributed by atoms with E-state index in [9.17, 15) is 0 Å². The van der Waals surface area contributed by atoms with Gasteiger partial charge in [0, 0.05) is 25.3 Å². The van der Waals surface area contributed by atoms with Crippen molar-refractivity contribution in [2.24, 2.45) is 0 Å². The van der Waals surface area contributed by atoms with E-state index in [-0.39, 0.29) is 0 Å². The Bertz CT molecular complexity index is 826. The first kappa shape index (κ1) is 12.5. The summed E-state index contributed by atoms with van der Waals surface area (Å²) in [5, 5.41) is 0.999. The first-order valence-corrected chi connectivity index (χ1v) is 7.50. The van der Waals surface area contributed by atoms with Gasteiger partial charge in [0.05, 0.1) is 10.2 Å². The fourth-order valence-corrected chi connectivity index (χ4v) is 3.34. The standard InChI is InChI=1S/C16H14N2O2S/c1-18(2)11-4-5-12-15(8-11)21-16(17-12)10-3-6-13-14(7-10)20-9-19-13/h3-8H,9H2,1-2H3. The van der Waals surface area contributed by atoms with Crippen LogP contribution in [0, 0.1) is 0 Å². The lowest BCUT2D eigenvalue weighted by Crippen LogP contribution is -2.07. The summed E-state index contributed by atoms with van der Waals surface area (Å²) in [5.74, 6) is 1.59. The first-order chi connectivity index (χ1) is 10.2. The number of thiazole rings is 1. The molecule has 0 amide bonds. The van der Waals surface area contributed by atoms with Crippen molar-refractivity contribution < 1.29 is 9.47 Å². The quantitative estimate of drug-likeness (QED) is 0.721. The molecule has 0 saturated carbocycles. The zero-order valence-electron chi connectivity index (χ0n) is 11.8. The van der Waals surface area contributed by atoms with Gasteiger partial charge in [0.1, 0.15) is 5.01 Å². The summed E-state index contributed by atoms with van der Waals surface area (Å²) in [6.45, 7) is 0.296. The van der Waals surface area contributed by atoms with Crippen molar-refractivity contribution in [3.8, 4) is 22.1 Å². The Morgan fingerprint density at radius 1 is 1.05 bits per heavy atom. The number of anilines is 1. The molecule has 5 heteroatoms. The Labute approximate surface area is 126 Å². The van der Waals surface area contributed by atoms with Crippen molar-refractivity contribution in [3.63, 3.8) is 0 Å². The van der Waals surface area contributed by atoms with E-state index in [1.165, 1.54) is 10.4 Å². The molecule has 1 aliphatic rings. The zero-order chi connectivity index (χ0) is 14.4.